The molecule has 1 heterocycles. The summed E-state index contributed by atoms with van der Waals surface area (Å²) < 4.78 is 0. The largest absolute Gasteiger partial charge is 0.477 e. The van der Waals surface area contributed by atoms with Gasteiger partial charge in [0.1, 0.15) is 0 Å². The van der Waals surface area contributed by atoms with Crippen molar-refractivity contribution in [3.63, 3.8) is 0 Å². The molecule has 17 heavy (non-hydrogen) atoms. The molecule has 3 atom stereocenters. The van der Waals surface area contributed by atoms with Gasteiger partial charge in [-0.1, -0.05) is 25.4 Å². The van der Waals surface area contributed by atoms with E-state index in [1.807, 2.05) is 20.8 Å². The number of nitrogens with one attached hydrogen (secondary N) is 1. The van der Waals surface area contributed by atoms with Crippen LogP contribution in [0.15, 0.2) is 5.16 Å². The topological polar surface area (TPSA) is 88.0 Å². The summed E-state index contributed by atoms with van der Waals surface area (Å²) >= 11 is 0. The lowest BCUT2D eigenvalue weighted by molar-refractivity contribution is -0.132. The van der Waals surface area contributed by atoms with Crippen LogP contribution in [0.3, 0.4) is 0 Å². The molecular formula is C11H18N2O4. The maximum atomic E-state index is 11.7. The van der Waals surface area contributed by atoms with E-state index in [4.69, 9.17) is 9.94 Å². The first-order valence-electron chi connectivity index (χ1n) is 5.72. The summed E-state index contributed by atoms with van der Waals surface area (Å²) in [6, 6.07) is 0.0324. The average molecular weight is 242 g/mol. The molecule has 1 rings (SSSR count). The molecule has 0 saturated heterocycles. The highest BCUT2D eigenvalue weighted by atomic mass is 16.6. The third kappa shape index (κ3) is 3.44. The summed E-state index contributed by atoms with van der Waals surface area (Å²) in [6.07, 6.45) is 0.172. The van der Waals surface area contributed by atoms with Crippen molar-refractivity contribution in [2.45, 2.75) is 45.8 Å². The van der Waals surface area contributed by atoms with Crippen molar-refractivity contribution in [3.05, 3.63) is 0 Å². The van der Waals surface area contributed by atoms with E-state index in [-0.39, 0.29) is 24.1 Å². The predicted octanol–water partition coefficient (Wildman–Crippen LogP) is 0.767. The van der Waals surface area contributed by atoms with E-state index in [2.05, 4.69) is 10.5 Å². The minimum absolute atomic E-state index is 0.0222. The van der Waals surface area contributed by atoms with Crippen LogP contribution in [0.4, 0.5) is 0 Å². The molecule has 0 fully saturated rings. The average Bonchev–Trinajstić information content (AvgIpc) is 2.77. The maximum absolute atomic E-state index is 11.7. The summed E-state index contributed by atoms with van der Waals surface area (Å²) in [7, 11) is 0. The second-order valence-corrected chi connectivity index (χ2v) is 4.32. The van der Waals surface area contributed by atoms with E-state index in [0.717, 1.165) is 6.42 Å². The Morgan fingerprint density at radius 3 is 2.71 bits per heavy atom. The van der Waals surface area contributed by atoms with E-state index < -0.39 is 12.1 Å². The number of carbonyl (C=O) groups excluding carboxylic acids is 1. The monoisotopic (exact) mass is 242 g/mol. The van der Waals surface area contributed by atoms with Crippen molar-refractivity contribution in [3.8, 4) is 0 Å². The number of nitrogens with zero attached hydrogens (tertiary/aromatic N) is 1. The van der Waals surface area contributed by atoms with Crippen molar-refractivity contribution in [2.24, 2.45) is 11.1 Å². The van der Waals surface area contributed by atoms with Gasteiger partial charge in [-0.2, -0.15) is 0 Å². The standard InChI is InChI=1S/C11H18N2O4/c1-4-6(2)7(3)12-10(14)9-5-8(11(15)16)13-17-9/h6-7,9H,4-5H2,1-3H3,(H,12,14)(H,15,16). The summed E-state index contributed by atoms with van der Waals surface area (Å²) in [6.45, 7) is 6.00. The van der Waals surface area contributed by atoms with Crippen molar-refractivity contribution >= 4 is 17.6 Å². The van der Waals surface area contributed by atoms with E-state index in [0.29, 0.717) is 5.92 Å². The quantitative estimate of drug-likeness (QED) is 0.745. The maximum Gasteiger partial charge on any atom is 0.353 e. The number of oxime groups is 1. The lowest BCUT2D eigenvalue weighted by Gasteiger charge is -2.21. The Balaban J connectivity index is 2.44. The zero-order chi connectivity index (χ0) is 13.0. The molecule has 0 aliphatic carbocycles. The normalized spacial score (nSPS) is 22.3. The highest BCUT2D eigenvalue weighted by Gasteiger charge is 2.32. The number of hydrogen-bond acceptors (Lipinski definition) is 4. The number of hydrogen-bond donors (Lipinski definition) is 2. The first kappa shape index (κ1) is 13.5. The third-order valence-corrected chi connectivity index (χ3v) is 3.08. The number of carbonyl (C=O) groups is 2. The number of amides is 1. The SMILES string of the molecule is CCC(C)C(C)NC(=O)C1CC(C(=O)O)=NO1. The Morgan fingerprint density at radius 1 is 1.59 bits per heavy atom. The molecule has 1 amide bonds. The Morgan fingerprint density at radius 2 is 2.24 bits per heavy atom. The van der Waals surface area contributed by atoms with E-state index in [1.165, 1.54) is 0 Å². The molecule has 1 aliphatic heterocycles. The van der Waals surface area contributed by atoms with Crippen LogP contribution in [0.25, 0.3) is 0 Å². The molecule has 6 nitrogen and oxygen atoms in total. The minimum atomic E-state index is -1.14. The van der Waals surface area contributed by atoms with Gasteiger partial charge in [0, 0.05) is 12.5 Å². The summed E-state index contributed by atoms with van der Waals surface area (Å²) in [5.74, 6) is -1.09. The van der Waals surface area contributed by atoms with Gasteiger partial charge in [-0.25, -0.2) is 4.79 Å². The highest BCUT2D eigenvalue weighted by Crippen LogP contribution is 2.13. The minimum Gasteiger partial charge on any atom is -0.477 e. The summed E-state index contributed by atoms with van der Waals surface area (Å²) in [5, 5.41) is 14.8. The fourth-order valence-corrected chi connectivity index (χ4v) is 1.46. The molecule has 1 aliphatic rings. The molecule has 0 saturated carbocycles. The van der Waals surface area contributed by atoms with Gasteiger partial charge in [-0.3, -0.25) is 4.79 Å². The van der Waals surface area contributed by atoms with E-state index in [1.54, 1.807) is 0 Å². The second-order valence-electron chi connectivity index (χ2n) is 4.32. The molecule has 0 aromatic heterocycles. The zero-order valence-corrected chi connectivity index (χ0v) is 10.3. The number of rotatable bonds is 5. The fourth-order valence-electron chi connectivity index (χ4n) is 1.46. The summed E-state index contributed by atoms with van der Waals surface area (Å²) in [5.41, 5.74) is -0.110. The van der Waals surface area contributed by atoms with Gasteiger partial charge in [-0.15, -0.1) is 0 Å². The van der Waals surface area contributed by atoms with Crippen LogP contribution in [0, 0.1) is 5.92 Å². The van der Waals surface area contributed by atoms with Crippen LogP contribution in [-0.2, 0) is 14.4 Å². The van der Waals surface area contributed by atoms with Crippen LogP contribution in [0.5, 0.6) is 0 Å². The lowest BCUT2D eigenvalue weighted by Crippen LogP contribution is -2.43. The van der Waals surface area contributed by atoms with Crippen LogP contribution >= 0.6 is 0 Å². The molecule has 0 bridgehead atoms. The number of carboxylic acid groups (broad SMARTS) is 1. The van der Waals surface area contributed by atoms with Gasteiger partial charge in [-0.05, 0) is 12.8 Å². The molecule has 0 radical (unpaired) electrons. The van der Waals surface area contributed by atoms with Gasteiger partial charge in [0.15, 0.2) is 5.71 Å². The van der Waals surface area contributed by atoms with Gasteiger partial charge in [0.2, 0.25) is 6.10 Å². The Kier molecular flexibility index (Phi) is 4.48. The van der Waals surface area contributed by atoms with Crippen molar-refractivity contribution in [2.75, 3.05) is 0 Å². The molecule has 96 valence electrons. The predicted molar refractivity (Wildman–Crippen MR) is 61.6 cm³/mol. The van der Waals surface area contributed by atoms with Crippen molar-refractivity contribution in [1.82, 2.24) is 5.32 Å². The first-order valence-corrected chi connectivity index (χ1v) is 5.72. The van der Waals surface area contributed by atoms with Crippen LogP contribution in [0.1, 0.15) is 33.6 Å². The molecule has 2 N–H and O–H groups in total. The number of carboxylic acids is 1. The Hall–Kier alpha value is -1.59. The van der Waals surface area contributed by atoms with Crippen molar-refractivity contribution < 1.29 is 19.5 Å². The highest BCUT2D eigenvalue weighted by molar-refractivity contribution is 6.36. The Bertz CT molecular complexity index is 340. The first-order chi connectivity index (χ1) is 7.95. The molecule has 0 aromatic carbocycles. The molecule has 6 heteroatoms. The second kappa shape index (κ2) is 5.65. The fraction of sp³-hybridized carbons (Fsp3) is 0.727. The Labute approximate surface area is 100 Å². The zero-order valence-electron chi connectivity index (χ0n) is 10.3. The number of aliphatic carboxylic acids is 1. The van der Waals surface area contributed by atoms with Crippen LogP contribution in [-0.4, -0.2) is 34.8 Å². The van der Waals surface area contributed by atoms with Gasteiger partial charge < -0.3 is 15.3 Å². The molecule has 0 spiro atoms. The third-order valence-electron chi connectivity index (χ3n) is 3.08. The lowest BCUT2D eigenvalue weighted by atomic mass is 10.0. The van der Waals surface area contributed by atoms with Gasteiger partial charge in [0.05, 0.1) is 0 Å². The van der Waals surface area contributed by atoms with Crippen molar-refractivity contribution in [1.29, 1.82) is 0 Å². The van der Waals surface area contributed by atoms with E-state index >= 15 is 0 Å². The molecule has 0 aromatic rings. The van der Waals surface area contributed by atoms with Gasteiger partial charge >= 0.3 is 5.97 Å². The van der Waals surface area contributed by atoms with Crippen LogP contribution in [0.2, 0.25) is 0 Å². The van der Waals surface area contributed by atoms with Gasteiger partial charge in [0.25, 0.3) is 5.91 Å². The van der Waals surface area contributed by atoms with E-state index in [9.17, 15) is 9.59 Å². The molecule has 3 unspecified atom stereocenters. The summed E-state index contributed by atoms with van der Waals surface area (Å²) in [4.78, 5) is 27.1. The smallest absolute Gasteiger partial charge is 0.353 e. The molecular weight excluding hydrogens is 224 g/mol. The van der Waals surface area contributed by atoms with Crippen LogP contribution < -0.4 is 5.32 Å².